The zero-order chi connectivity index (χ0) is 22.4. The third-order valence-electron chi connectivity index (χ3n) is 7.28. The van der Waals surface area contributed by atoms with Gasteiger partial charge in [0.25, 0.3) is 0 Å². The lowest BCUT2D eigenvalue weighted by atomic mass is 9.96. The maximum absolute atomic E-state index is 12.9. The number of nitrogens with one attached hydrogen (secondary N) is 1. The predicted octanol–water partition coefficient (Wildman–Crippen LogP) is 2.37. The Morgan fingerprint density at radius 1 is 1.15 bits per heavy atom. The number of urea groups is 1. The number of ether oxygens (including phenoxy) is 1. The molecular weight excluding hydrogens is 418 g/mol. The van der Waals surface area contributed by atoms with E-state index in [1.807, 2.05) is 12.3 Å². The first-order valence-electron chi connectivity index (χ1n) is 11.8. The van der Waals surface area contributed by atoms with E-state index in [-0.39, 0.29) is 11.9 Å². The predicted molar refractivity (Wildman–Crippen MR) is 124 cm³/mol. The second-order valence-corrected chi connectivity index (χ2v) is 9.46. The lowest BCUT2D eigenvalue weighted by molar-refractivity contribution is 0.0459. The van der Waals surface area contributed by atoms with Crippen LogP contribution in [0.2, 0.25) is 0 Å². The number of likely N-dealkylation sites (tertiary alicyclic amines) is 1. The van der Waals surface area contributed by atoms with Crippen LogP contribution >= 0.6 is 0 Å². The minimum atomic E-state index is -0.0716. The first-order chi connectivity index (χ1) is 16.2. The highest BCUT2D eigenvalue weighted by Gasteiger charge is 2.40. The standard InChI is InChI=1S/C24H29N7O2/c1-16-11-29(12-17-4-8-26-22-19(17)3-2-7-25-22)13-20(16)23-27-21-14-30(15-31(21)24(32)28-23)18-5-9-33-10-6-18/h2-4,7-8,14,16,18,20H,5-6,9-13,15H2,1H3,(H,27,28,32). The summed E-state index contributed by atoms with van der Waals surface area (Å²) in [6, 6.07) is 6.46. The summed E-state index contributed by atoms with van der Waals surface area (Å²) >= 11 is 0. The molecule has 2 fully saturated rings. The number of carbonyl (C=O) groups is 1. The molecule has 2 amide bonds. The van der Waals surface area contributed by atoms with Crippen molar-refractivity contribution in [2.24, 2.45) is 16.8 Å². The third-order valence-corrected chi connectivity index (χ3v) is 7.28. The largest absolute Gasteiger partial charge is 0.381 e. The van der Waals surface area contributed by atoms with Crippen LogP contribution in [0.3, 0.4) is 0 Å². The number of pyridine rings is 2. The van der Waals surface area contributed by atoms with Gasteiger partial charge in [0.1, 0.15) is 12.5 Å². The van der Waals surface area contributed by atoms with Crippen LogP contribution < -0.4 is 5.32 Å². The average molecular weight is 448 g/mol. The molecule has 0 saturated carbocycles. The fraction of sp³-hybridized carbons (Fsp3) is 0.500. The lowest BCUT2D eigenvalue weighted by Crippen LogP contribution is -2.50. The SMILES string of the molecule is CC1CN(Cc2ccnc3ncccc23)CC1C1=NC2=CN(C3CCOCC3)CN2C(=O)N1. The summed E-state index contributed by atoms with van der Waals surface area (Å²) in [5.74, 6) is 2.15. The molecule has 2 unspecified atom stereocenters. The fourth-order valence-corrected chi connectivity index (χ4v) is 5.46. The second kappa shape index (κ2) is 8.39. The van der Waals surface area contributed by atoms with Gasteiger partial charge in [-0.3, -0.25) is 15.1 Å². The molecule has 2 atom stereocenters. The van der Waals surface area contributed by atoms with Gasteiger partial charge in [0, 0.05) is 68.8 Å². The molecule has 0 spiro atoms. The maximum atomic E-state index is 12.9. The van der Waals surface area contributed by atoms with Crippen molar-refractivity contribution in [1.29, 1.82) is 0 Å². The summed E-state index contributed by atoms with van der Waals surface area (Å²) in [6.45, 7) is 7.03. The topological polar surface area (TPSA) is 86.2 Å². The molecule has 4 aliphatic rings. The quantitative estimate of drug-likeness (QED) is 0.775. The zero-order valence-corrected chi connectivity index (χ0v) is 18.9. The van der Waals surface area contributed by atoms with Crippen LogP contribution in [0.5, 0.6) is 0 Å². The minimum Gasteiger partial charge on any atom is -0.381 e. The van der Waals surface area contributed by atoms with Crippen molar-refractivity contribution in [1.82, 2.24) is 30.0 Å². The van der Waals surface area contributed by atoms with E-state index in [9.17, 15) is 4.79 Å². The molecule has 2 saturated heterocycles. The smallest absolute Gasteiger partial charge is 0.329 e. The fourth-order valence-electron chi connectivity index (χ4n) is 5.46. The molecular formula is C24H29N7O2. The number of aromatic nitrogens is 2. The molecule has 6 heterocycles. The van der Waals surface area contributed by atoms with Gasteiger partial charge in [-0.1, -0.05) is 6.92 Å². The first kappa shape index (κ1) is 20.6. The van der Waals surface area contributed by atoms with Crippen LogP contribution in [-0.4, -0.2) is 75.5 Å². The second-order valence-electron chi connectivity index (χ2n) is 9.46. The third kappa shape index (κ3) is 3.85. The Balaban J connectivity index is 1.19. The van der Waals surface area contributed by atoms with Crippen molar-refractivity contribution < 1.29 is 9.53 Å². The van der Waals surface area contributed by atoms with Crippen molar-refractivity contribution >= 4 is 22.9 Å². The van der Waals surface area contributed by atoms with Gasteiger partial charge < -0.3 is 9.64 Å². The van der Waals surface area contributed by atoms with Gasteiger partial charge in [0.05, 0.1) is 0 Å². The number of rotatable bonds is 4. The van der Waals surface area contributed by atoms with Gasteiger partial charge in [-0.15, -0.1) is 0 Å². The van der Waals surface area contributed by atoms with E-state index < -0.39 is 0 Å². The van der Waals surface area contributed by atoms with Crippen LogP contribution in [-0.2, 0) is 11.3 Å². The number of carbonyl (C=O) groups excluding carboxylic acids is 1. The number of amidine groups is 1. The normalized spacial score (nSPS) is 26.4. The van der Waals surface area contributed by atoms with E-state index >= 15 is 0 Å². The number of hydrogen-bond acceptors (Lipinski definition) is 7. The van der Waals surface area contributed by atoms with Crippen molar-refractivity contribution in [2.45, 2.75) is 32.4 Å². The van der Waals surface area contributed by atoms with Crippen LogP contribution in [0, 0.1) is 11.8 Å². The summed E-state index contributed by atoms with van der Waals surface area (Å²) in [7, 11) is 0. The van der Waals surface area contributed by atoms with Gasteiger partial charge in [0.15, 0.2) is 11.5 Å². The molecule has 0 bridgehead atoms. The summed E-state index contributed by atoms with van der Waals surface area (Å²) < 4.78 is 5.49. The minimum absolute atomic E-state index is 0.0716. The first-order valence-corrected chi connectivity index (χ1v) is 11.8. The van der Waals surface area contributed by atoms with E-state index in [1.165, 1.54) is 5.56 Å². The molecule has 9 heteroatoms. The van der Waals surface area contributed by atoms with E-state index in [2.05, 4.69) is 50.3 Å². The summed E-state index contributed by atoms with van der Waals surface area (Å²) in [4.78, 5) is 33.0. The molecule has 33 heavy (non-hydrogen) atoms. The maximum Gasteiger partial charge on any atom is 0.329 e. The molecule has 2 aromatic heterocycles. The van der Waals surface area contributed by atoms with Crippen LogP contribution in [0.4, 0.5) is 4.79 Å². The van der Waals surface area contributed by atoms with Gasteiger partial charge in [-0.2, -0.15) is 0 Å². The summed E-state index contributed by atoms with van der Waals surface area (Å²) in [6.07, 6.45) is 7.65. The lowest BCUT2D eigenvalue weighted by Gasteiger charge is -2.32. The van der Waals surface area contributed by atoms with E-state index in [0.29, 0.717) is 18.6 Å². The van der Waals surface area contributed by atoms with Crippen LogP contribution in [0.15, 0.2) is 47.6 Å². The Bertz CT molecular complexity index is 1120. The van der Waals surface area contributed by atoms with Crippen molar-refractivity contribution in [3.63, 3.8) is 0 Å². The van der Waals surface area contributed by atoms with Crippen molar-refractivity contribution in [2.75, 3.05) is 33.0 Å². The van der Waals surface area contributed by atoms with Gasteiger partial charge >= 0.3 is 6.03 Å². The van der Waals surface area contributed by atoms with Gasteiger partial charge in [-0.05, 0) is 42.5 Å². The molecule has 0 aliphatic carbocycles. The number of fused-ring (bicyclic) bond motifs is 2. The van der Waals surface area contributed by atoms with Crippen molar-refractivity contribution in [3.8, 4) is 0 Å². The van der Waals surface area contributed by atoms with Crippen LogP contribution in [0.25, 0.3) is 11.0 Å². The van der Waals surface area contributed by atoms with Crippen molar-refractivity contribution in [3.05, 3.63) is 48.2 Å². The van der Waals surface area contributed by atoms with E-state index in [1.54, 1.807) is 11.1 Å². The van der Waals surface area contributed by atoms with Gasteiger partial charge in [0.2, 0.25) is 0 Å². The Morgan fingerprint density at radius 3 is 2.88 bits per heavy atom. The average Bonchev–Trinajstić information content (AvgIpc) is 3.44. The highest BCUT2D eigenvalue weighted by Crippen LogP contribution is 2.31. The number of nitrogens with zero attached hydrogens (tertiary/aromatic N) is 6. The Hall–Kier alpha value is -3.04. The zero-order valence-electron chi connectivity index (χ0n) is 18.9. The molecule has 4 aliphatic heterocycles. The summed E-state index contributed by atoms with van der Waals surface area (Å²) in [5, 5.41) is 4.19. The monoisotopic (exact) mass is 447 g/mol. The van der Waals surface area contributed by atoms with E-state index in [4.69, 9.17) is 9.73 Å². The number of hydrogen-bond donors (Lipinski definition) is 1. The molecule has 2 aromatic rings. The highest BCUT2D eigenvalue weighted by atomic mass is 16.5. The molecule has 0 aromatic carbocycles. The van der Waals surface area contributed by atoms with E-state index in [0.717, 1.165) is 68.4 Å². The van der Waals surface area contributed by atoms with Gasteiger partial charge in [-0.25, -0.2) is 19.8 Å². The molecule has 172 valence electrons. The summed E-state index contributed by atoms with van der Waals surface area (Å²) in [5.41, 5.74) is 2.01. The molecule has 0 radical (unpaired) electrons. The number of aliphatic imine (C=N–C) groups is 1. The molecule has 1 N–H and O–H groups in total. The highest BCUT2D eigenvalue weighted by molar-refractivity contribution is 6.02. The number of amides is 2. The Kier molecular flexibility index (Phi) is 5.22. The van der Waals surface area contributed by atoms with Crippen LogP contribution in [0.1, 0.15) is 25.3 Å². The molecule has 6 rings (SSSR count). The Labute approximate surface area is 193 Å². The Morgan fingerprint density at radius 2 is 2.00 bits per heavy atom. The molecule has 9 nitrogen and oxygen atoms in total.